The summed E-state index contributed by atoms with van der Waals surface area (Å²) in [4.78, 5) is 12.7. The van der Waals surface area contributed by atoms with Gasteiger partial charge in [-0.05, 0) is 18.9 Å². The zero-order valence-corrected chi connectivity index (χ0v) is 6.73. The smallest absolute Gasteiger partial charge is 0.352 e. The van der Waals surface area contributed by atoms with Gasteiger partial charge in [0.2, 0.25) is 0 Å². The van der Waals surface area contributed by atoms with Crippen molar-refractivity contribution in [2.24, 2.45) is 0 Å². The molecule has 0 unspecified atom stereocenters. The molecule has 1 heterocycles. The first kappa shape index (κ1) is 7.40. The third-order valence-electron chi connectivity index (χ3n) is 2.21. The summed E-state index contributed by atoms with van der Waals surface area (Å²) in [5.41, 5.74) is 0.444. The molecule has 3 heteroatoms. The zero-order valence-electron chi connectivity index (χ0n) is 6.73. The first-order chi connectivity index (χ1) is 5.79. The largest absolute Gasteiger partial charge is 0.477 e. The molecule has 0 bridgehead atoms. The fourth-order valence-corrected chi connectivity index (χ4v) is 1.45. The first-order valence-corrected chi connectivity index (χ1v) is 4.16. The number of carboxylic acid groups (broad SMARTS) is 1. The molecule has 0 saturated heterocycles. The molecular weight excluding hydrogens is 154 g/mol. The van der Waals surface area contributed by atoms with Crippen LogP contribution in [0, 0.1) is 0 Å². The van der Waals surface area contributed by atoms with Crippen LogP contribution in [0.15, 0.2) is 23.9 Å². The van der Waals surface area contributed by atoms with E-state index in [0.717, 1.165) is 19.4 Å². The Bertz CT molecular complexity index is 264. The van der Waals surface area contributed by atoms with Crippen LogP contribution in [0.4, 0.5) is 0 Å². The van der Waals surface area contributed by atoms with Crippen LogP contribution in [0.5, 0.6) is 0 Å². The Balaban J connectivity index is 2.17. The van der Waals surface area contributed by atoms with Gasteiger partial charge in [0.1, 0.15) is 5.70 Å². The number of aliphatic carboxylic acids is 1. The highest BCUT2D eigenvalue weighted by Crippen LogP contribution is 2.30. The van der Waals surface area contributed by atoms with Crippen LogP contribution in [0.3, 0.4) is 0 Å². The van der Waals surface area contributed by atoms with Crippen molar-refractivity contribution >= 4 is 5.97 Å². The van der Waals surface area contributed by atoms with Crippen molar-refractivity contribution in [2.75, 3.05) is 6.54 Å². The lowest BCUT2D eigenvalue weighted by molar-refractivity contribution is -0.134. The standard InChI is InChI=1S/C9H11NO2/c11-9(12)8-3-1-2-6-10(8)7-4-5-7/h1-3,7H,4-6H2,(H,11,12). The maximum Gasteiger partial charge on any atom is 0.352 e. The highest BCUT2D eigenvalue weighted by molar-refractivity contribution is 5.86. The Hall–Kier alpha value is -1.25. The molecule has 0 aromatic rings. The molecule has 0 aromatic carbocycles. The predicted octanol–water partition coefficient (Wildman–Crippen LogP) is 0.989. The summed E-state index contributed by atoms with van der Waals surface area (Å²) in [6, 6.07) is 0.484. The molecule has 0 aromatic heterocycles. The van der Waals surface area contributed by atoms with Gasteiger partial charge in [-0.2, -0.15) is 0 Å². The third kappa shape index (κ3) is 1.22. The summed E-state index contributed by atoms with van der Waals surface area (Å²) in [7, 11) is 0. The van der Waals surface area contributed by atoms with Crippen LogP contribution >= 0.6 is 0 Å². The van der Waals surface area contributed by atoms with E-state index in [-0.39, 0.29) is 0 Å². The van der Waals surface area contributed by atoms with E-state index < -0.39 is 5.97 Å². The van der Waals surface area contributed by atoms with E-state index in [4.69, 9.17) is 5.11 Å². The van der Waals surface area contributed by atoms with Crippen LogP contribution in [-0.2, 0) is 4.79 Å². The molecule has 64 valence electrons. The lowest BCUT2D eigenvalue weighted by Gasteiger charge is -2.25. The Labute approximate surface area is 71.0 Å². The van der Waals surface area contributed by atoms with Crippen LogP contribution in [0.25, 0.3) is 0 Å². The number of carbonyl (C=O) groups is 1. The van der Waals surface area contributed by atoms with Gasteiger partial charge in [0.05, 0.1) is 0 Å². The van der Waals surface area contributed by atoms with Crippen molar-refractivity contribution < 1.29 is 9.90 Å². The maximum absolute atomic E-state index is 10.8. The van der Waals surface area contributed by atoms with Gasteiger partial charge in [-0.3, -0.25) is 0 Å². The molecule has 0 amide bonds. The molecular formula is C9H11NO2. The third-order valence-corrected chi connectivity index (χ3v) is 2.21. The molecule has 2 aliphatic rings. The second kappa shape index (κ2) is 2.66. The molecule has 1 aliphatic carbocycles. The van der Waals surface area contributed by atoms with Crippen molar-refractivity contribution in [3.05, 3.63) is 23.9 Å². The van der Waals surface area contributed by atoms with Crippen molar-refractivity contribution in [2.45, 2.75) is 18.9 Å². The van der Waals surface area contributed by atoms with Gasteiger partial charge in [0, 0.05) is 12.6 Å². The first-order valence-electron chi connectivity index (χ1n) is 4.16. The van der Waals surface area contributed by atoms with Crippen LogP contribution in [0.1, 0.15) is 12.8 Å². The maximum atomic E-state index is 10.8. The average molecular weight is 165 g/mol. The minimum atomic E-state index is -0.814. The summed E-state index contributed by atoms with van der Waals surface area (Å²) in [5.74, 6) is -0.814. The molecule has 0 spiro atoms. The van der Waals surface area contributed by atoms with Gasteiger partial charge >= 0.3 is 5.97 Å². The van der Waals surface area contributed by atoms with E-state index in [1.54, 1.807) is 6.08 Å². The van der Waals surface area contributed by atoms with Crippen molar-refractivity contribution in [3.8, 4) is 0 Å². The Morgan fingerprint density at radius 3 is 2.92 bits per heavy atom. The minimum Gasteiger partial charge on any atom is -0.477 e. The molecule has 3 nitrogen and oxygen atoms in total. The zero-order chi connectivity index (χ0) is 8.55. The lowest BCUT2D eigenvalue weighted by atomic mass is 10.2. The minimum absolute atomic E-state index is 0.444. The van der Waals surface area contributed by atoms with E-state index in [1.807, 2.05) is 17.1 Å². The summed E-state index contributed by atoms with van der Waals surface area (Å²) in [5, 5.41) is 8.84. The van der Waals surface area contributed by atoms with Gasteiger partial charge in [-0.15, -0.1) is 0 Å². The predicted molar refractivity (Wildman–Crippen MR) is 44.6 cm³/mol. The molecule has 1 saturated carbocycles. The molecule has 1 aliphatic heterocycles. The Kier molecular flexibility index (Phi) is 1.64. The second-order valence-electron chi connectivity index (χ2n) is 3.17. The van der Waals surface area contributed by atoms with Gasteiger partial charge in [-0.25, -0.2) is 4.79 Å². The number of rotatable bonds is 2. The molecule has 12 heavy (non-hydrogen) atoms. The topological polar surface area (TPSA) is 40.5 Å². The summed E-state index contributed by atoms with van der Waals surface area (Å²) in [6.45, 7) is 0.753. The number of hydrogen-bond acceptors (Lipinski definition) is 2. The highest BCUT2D eigenvalue weighted by atomic mass is 16.4. The fourth-order valence-electron chi connectivity index (χ4n) is 1.45. The van der Waals surface area contributed by atoms with Crippen molar-refractivity contribution in [1.82, 2.24) is 4.90 Å². The number of nitrogens with zero attached hydrogens (tertiary/aromatic N) is 1. The van der Waals surface area contributed by atoms with Crippen LogP contribution in [-0.4, -0.2) is 28.6 Å². The molecule has 2 rings (SSSR count). The van der Waals surface area contributed by atoms with Crippen LogP contribution in [0.2, 0.25) is 0 Å². The number of carboxylic acids is 1. The molecule has 1 fully saturated rings. The van der Waals surface area contributed by atoms with Crippen molar-refractivity contribution in [3.63, 3.8) is 0 Å². The highest BCUT2D eigenvalue weighted by Gasteiger charge is 2.32. The summed E-state index contributed by atoms with van der Waals surface area (Å²) >= 11 is 0. The monoisotopic (exact) mass is 165 g/mol. The van der Waals surface area contributed by atoms with Crippen molar-refractivity contribution in [1.29, 1.82) is 0 Å². The van der Waals surface area contributed by atoms with Gasteiger partial charge in [0.15, 0.2) is 0 Å². The van der Waals surface area contributed by atoms with E-state index in [2.05, 4.69) is 0 Å². The van der Waals surface area contributed by atoms with Crippen LogP contribution < -0.4 is 0 Å². The lowest BCUT2D eigenvalue weighted by Crippen LogP contribution is -2.31. The van der Waals surface area contributed by atoms with E-state index in [1.165, 1.54) is 0 Å². The molecule has 0 radical (unpaired) electrons. The van der Waals surface area contributed by atoms with Gasteiger partial charge in [0.25, 0.3) is 0 Å². The Morgan fingerprint density at radius 2 is 2.33 bits per heavy atom. The quantitative estimate of drug-likeness (QED) is 0.663. The summed E-state index contributed by atoms with van der Waals surface area (Å²) in [6.07, 6.45) is 7.74. The number of hydrogen-bond donors (Lipinski definition) is 1. The summed E-state index contributed by atoms with van der Waals surface area (Å²) < 4.78 is 0. The number of allylic oxidation sites excluding steroid dienone is 2. The van der Waals surface area contributed by atoms with E-state index in [9.17, 15) is 4.79 Å². The van der Waals surface area contributed by atoms with Gasteiger partial charge < -0.3 is 10.0 Å². The Morgan fingerprint density at radius 1 is 1.58 bits per heavy atom. The molecule has 0 atom stereocenters. The fraction of sp³-hybridized carbons (Fsp3) is 0.444. The molecule has 1 N–H and O–H groups in total. The van der Waals surface area contributed by atoms with E-state index >= 15 is 0 Å². The SMILES string of the molecule is O=C(O)C1=CC=CCN1C1CC1. The second-order valence-corrected chi connectivity index (χ2v) is 3.17. The normalized spacial score (nSPS) is 22.3. The average Bonchev–Trinajstić information content (AvgIpc) is 2.87. The van der Waals surface area contributed by atoms with Gasteiger partial charge in [-0.1, -0.05) is 12.2 Å². The van der Waals surface area contributed by atoms with E-state index in [0.29, 0.717) is 11.7 Å².